The smallest absolute Gasteiger partial charge is 0.244 e. The third-order valence-electron chi connectivity index (χ3n) is 3.65. The molecule has 0 aliphatic heterocycles. The van der Waals surface area contributed by atoms with E-state index < -0.39 is 10.0 Å². The van der Waals surface area contributed by atoms with Crippen molar-refractivity contribution in [3.63, 3.8) is 0 Å². The van der Waals surface area contributed by atoms with Gasteiger partial charge in [-0.3, -0.25) is 0 Å². The van der Waals surface area contributed by atoms with Gasteiger partial charge in [0.2, 0.25) is 10.0 Å². The van der Waals surface area contributed by atoms with Crippen LogP contribution in [-0.2, 0) is 21.3 Å². The Morgan fingerprint density at radius 2 is 2.00 bits per heavy atom. The van der Waals surface area contributed by atoms with Gasteiger partial charge in [-0.1, -0.05) is 6.07 Å². The molecule has 0 bridgehead atoms. The minimum atomic E-state index is -3.58. The fourth-order valence-corrected chi connectivity index (χ4v) is 3.80. The molecule has 0 unspecified atom stereocenters. The highest BCUT2D eigenvalue weighted by Gasteiger charge is 2.33. The maximum Gasteiger partial charge on any atom is 0.244 e. The highest BCUT2D eigenvalue weighted by molar-refractivity contribution is 7.89. The maximum atomic E-state index is 12.4. The molecule has 118 valence electrons. The molecule has 0 saturated heterocycles. The van der Waals surface area contributed by atoms with E-state index in [0.717, 1.165) is 5.56 Å². The summed E-state index contributed by atoms with van der Waals surface area (Å²) in [5.74, 6) is 0.359. The number of sulfonamides is 1. The van der Waals surface area contributed by atoms with Crippen molar-refractivity contribution in [2.24, 2.45) is 0 Å². The Bertz CT molecular complexity index is 583. The van der Waals surface area contributed by atoms with Crippen molar-refractivity contribution in [3.05, 3.63) is 23.8 Å². The summed E-state index contributed by atoms with van der Waals surface area (Å²) < 4.78 is 37.9. The van der Waals surface area contributed by atoms with E-state index in [9.17, 15) is 8.42 Å². The molecule has 1 fully saturated rings. The molecule has 1 aromatic carbocycles. The Morgan fingerprint density at radius 3 is 2.57 bits per heavy atom. The Balaban J connectivity index is 2.15. The van der Waals surface area contributed by atoms with Crippen LogP contribution in [-0.4, -0.2) is 41.8 Å². The SMILES string of the molecule is CNCc1ccc(S(=O)(=O)NC2CC(OC)C2)c(OC)c1. The molecule has 1 aromatic rings. The van der Waals surface area contributed by atoms with Crippen LogP contribution in [0.1, 0.15) is 18.4 Å². The van der Waals surface area contributed by atoms with Crippen molar-refractivity contribution < 1.29 is 17.9 Å². The summed E-state index contributed by atoms with van der Waals surface area (Å²) in [5, 5.41) is 3.02. The second-order valence-corrected chi connectivity index (χ2v) is 6.85. The number of rotatable bonds is 7. The van der Waals surface area contributed by atoms with Crippen molar-refractivity contribution in [2.75, 3.05) is 21.3 Å². The first-order valence-corrected chi connectivity index (χ1v) is 8.35. The zero-order valence-electron chi connectivity index (χ0n) is 12.5. The highest BCUT2D eigenvalue weighted by atomic mass is 32.2. The van der Waals surface area contributed by atoms with Crippen LogP contribution in [0.2, 0.25) is 0 Å². The van der Waals surface area contributed by atoms with Gasteiger partial charge in [0.15, 0.2) is 0 Å². The molecule has 1 aliphatic rings. The first kappa shape index (κ1) is 16.2. The van der Waals surface area contributed by atoms with Crippen LogP contribution < -0.4 is 14.8 Å². The highest BCUT2D eigenvalue weighted by Crippen LogP contribution is 2.28. The van der Waals surface area contributed by atoms with Gasteiger partial charge in [0.1, 0.15) is 10.6 Å². The lowest BCUT2D eigenvalue weighted by atomic mass is 9.90. The zero-order valence-corrected chi connectivity index (χ0v) is 13.4. The van der Waals surface area contributed by atoms with E-state index in [-0.39, 0.29) is 17.0 Å². The number of methoxy groups -OCH3 is 2. The average molecular weight is 314 g/mol. The zero-order chi connectivity index (χ0) is 15.5. The van der Waals surface area contributed by atoms with Crippen molar-refractivity contribution in [1.82, 2.24) is 10.0 Å². The quantitative estimate of drug-likeness (QED) is 0.781. The fraction of sp³-hybridized carbons (Fsp3) is 0.571. The monoisotopic (exact) mass is 314 g/mol. The molecule has 0 heterocycles. The first-order chi connectivity index (χ1) is 10.00. The molecule has 1 saturated carbocycles. The summed E-state index contributed by atoms with van der Waals surface area (Å²) in [6.45, 7) is 0.655. The van der Waals surface area contributed by atoms with Crippen molar-refractivity contribution in [1.29, 1.82) is 0 Å². The molecule has 2 N–H and O–H groups in total. The molecule has 1 aliphatic carbocycles. The summed E-state index contributed by atoms with van der Waals surface area (Å²) in [6, 6.07) is 5.04. The molecule has 0 aromatic heterocycles. The standard InChI is InChI=1S/C14H22N2O4S/c1-15-9-10-4-5-14(13(6-10)20-3)21(17,18)16-11-7-12(8-11)19-2/h4-6,11-12,15-16H,7-9H2,1-3H3. The number of hydrogen-bond acceptors (Lipinski definition) is 5. The summed E-state index contributed by atoms with van der Waals surface area (Å²) in [5.41, 5.74) is 0.969. The van der Waals surface area contributed by atoms with Crippen LogP contribution in [0.3, 0.4) is 0 Å². The third-order valence-corrected chi connectivity index (χ3v) is 5.21. The molecule has 6 nitrogen and oxygen atoms in total. The van der Waals surface area contributed by atoms with E-state index in [1.165, 1.54) is 7.11 Å². The molecule has 0 atom stereocenters. The number of ether oxygens (including phenoxy) is 2. The molecule has 21 heavy (non-hydrogen) atoms. The van der Waals surface area contributed by atoms with Gasteiger partial charge >= 0.3 is 0 Å². The van der Waals surface area contributed by atoms with Gasteiger partial charge in [0.25, 0.3) is 0 Å². The molecular weight excluding hydrogens is 292 g/mol. The lowest BCUT2D eigenvalue weighted by molar-refractivity contribution is 0.0236. The largest absolute Gasteiger partial charge is 0.495 e. The Morgan fingerprint density at radius 1 is 1.29 bits per heavy atom. The number of benzene rings is 1. The van der Waals surface area contributed by atoms with Crippen LogP contribution >= 0.6 is 0 Å². The van der Waals surface area contributed by atoms with E-state index >= 15 is 0 Å². The Kier molecular flexibility index (Phi) is 5.21. The van der Waals surface area contributed by atoms with Crippen molar-refractivity contribution in [2.45, 2.75) is 36.4 Å². The van der Waals surface area contributed by atoms with E-state index in [4.69, 9.17) is 9.47 Å². The second-order valence-electron chi connectivity index (χ2n) is 5.16. The van der Waals surface area contributed by atoms with E-state index in [2.05, 4.69) is 10.0 Å². The molecule has 0 radical (unpaired) electrons. The molecule has 7 heteroatoms. The summed E-state index contributed by atoms with van der Waals surface area (Å²) in [7, 11) is 1.37. The maximum absolute atomic E-state index is 12.4. The molecule has 0 amide bonds. The Hall–Kier alpha value is -1.15. The van der Waals surface area contributed by atoms with Gasteiger partial charge in [-0.15, -0.1) is 0 Å². The topological polar surface area (TPSA) is 76.7 Å². The van der Waals surface area contributed by atoms with E-state index in [0.29, 0.717) is 25.1 Å². The average Bonchev–Trinajstić information content (AvgIpc) is 2.42. The van der Waals surface area contributed by atoms with Crippen LogP contribution in [0, 0.1) is 0 Å². The van der Waals surface area contributed by atoms with Gasteiger partial charge in [-0.05, 0) is 37.6 Å². The first-order valence-electron chi connectivity index (χ1n) is 6.86. The number of hydrogen-bond donors (Lipinski definition) is 2. The predicted octanol–water partition coefficient (Wildman–Crippen LogP) is 0.870. The molecular formula is C14H22N2O4S. The van der Waals surface area contributed by atoms with Crippen LogP contribution in [0.25, 0.3) is 0 Å². The minimum absolute atomic E-state index is 0.0679. The predicted molar refractivity (Wildman–Crippen MR) is 79.9 cm³/mol. The third kappa shape index (κ3) is 3.74. The number of nitrogens with one attached hydrogen (secondary N) is 2. The van der Waals surface area contributed by atoms with Crippen molar-refractivity contribution >= 4 is 10.0 Å². The van der Waals surface area contributed by atoms with Crippen LogP contribution in [0.4, 0.5) is 0 Å². The molecule has 0 spiro atoms. The van der Waals surface area contributed by atoms with Gasteiger partial charge in [-0.25, -0.2) is 13.1 Å². The molecule has 2 rings (SSSR count). The van der Waals surface area contributed by atoms with E-state index in [1.54, 1.807) is 25.3 Å². The van der Waals surface area contributed by atoms with Gasteiger partial charge in [-0.2, -0.15) is 0 Å². The normalized spacial score (nSPS) is 21.9. The Labute approximate surface area is 125 Å². The lowest BCUT2D eigenvalue weighted by Gasteiger charge is -2.34. The second kappa shape index (κ2) is 6.74. The van der Waals surface area contributed by atoms with E-state index in [1.807, 2.05) is 7.05 Å². The minimum Gasteiger partial charge on any atom is -0.495 e. The fourth-order valence-electron chi connectivity index (χ4n) is 2.39. The summed E-state index contributed by atoms with van der Waals surface area (Å²) >= 11 is 0. The van der Waals surface area contributed by atoms with Gasteiger partial charge in [0, 0.05) is 19.7 Å². The summed E-state index contributed by atoms with van der Waals surface area (Å²) in [6.07, 6.45) is 1.56. The van der Waals surface area contributed by atoms with Crippen LogP contribution in [0.5, 0.6) is 5.75 Å². The van der Waals surface area contributed by atoms with Crippen molar-refractivity contribution in [3.8, 4) is 5.75 Å². The summed E-state index contributed by atoms with van der Waals surface area (Å²) in [4.78, 5) is 0.172. The van der Waals surface area contributed by atoms with Crippen LogP contribution in [0.15, 0.2) is 23.1 Å². The van der Waals surface area contributed by atoms with Gasteiger partial charge in [0.05, 0.1) is 13.2 Å². The lowest BCUT2D eigenvalue weighted by Crippen LogP contribution is -2.47. The van der Waals surface area contributed by atoms with Gasteiger partial charge < -0.3 is 14.8 Å².